The molecule has 17 heavy (non-hydrogen) atoms. The number of methoxy groups -OCH3 is 1. The van der Waals surface area contributed by atoms with E-state index in [0.717, 1.165) is 39.1 Å². The highest BCUT2D eigenvalue weighted by atomic mass is 16.5. The first-order valence-corrected chi connectivity index (χ1v) is 6.30. The summed E-state index contributed by atoms with van der Waals surface area (Å²) in [5, 5.41) is 0. The number of hydrogen-bond acceptors (Lipinski definition) is 4. The molecule has 0 aliphatic heterocycles. The zero-order valence-electron chi connectivity index (χ0n) is 11.4. The molecule has 0 bridgehead atoms. The number of ether oxygens (including phenoxy) is 1. The fraction of sp³-hybridized carbons (Fsp3) is 0.917. The standard InChI is InChI=1S/C12H27N3O2/c1-11(2)10-15(8-9-17-3)7-5-4-6-12(16)14-13/h11H,4-10,13H2,1-3H3,(H,14,16). The largest absolute Gasteiger partial charge is 0.383 e. The van der Waals surface area contributed by atoms with Crippen molar-refractivity contribution in [3.8, 4) is 0 Å². The van der Waals surface area contributed by atoms with E-state index in [1.807, 2.05) is 0 Å². The molecule has 1 amide bonds. The van der Waals surface area contributed by atoms with Crippen LogP contribution in [0.2, 0.25) is 0 Å². The van der Waals surface area contributed by atoms with Crippen LogP contribution in [0.25, 0.3) is 0 Å². The number of nitrogens with two attached hydrogens (primary N) is 1. The van der Waals surface area contributed by atoms with Crippen LogP contribution in [0.5, 0.6) is 0 Å². The number of hydrazine groups is 1. The van der Waals surface area contributed by atoms with Crippen LogP contribution in [0.4, 0.5) is 0 Å². The van der Waals surface area contributed by atoms with Crippen LogP contribution >= 0.6 is 0 Å². The Labute approximate surface area is 105 Å². The molecular formula is C12H27N3O2. The van der Waals surface area contributed by atoms with Crippen LogP contribution < -0.4 is 11.3 Å². The van der Waals surface area contributed by atoms with Crippen molar-refractivity contribution in [2.75, 3.05) is 33.4 Å². The molecule has 5 nitrogen and oxygen atoms in total. The molecule has 0 rings (SSSR count). The lowest BCUT2D eigenvalue weighted by Gasteiger charge is -2.23. The third kappa shape index (κ3) is 10.2. The quantitative estimate of drug-likeness (QED) is 0.258. The predicted molar refractivity (Wildman–Crippen MR) is 69.3 cm³/mol. The minimum absolute atomic E-state index is 0.0858. The average Bonchev–Trinajstić information content (AvgIpc) is 2.30. The van der Waals surface area contributed by atoms with E-state index in [1.54, 1.807) is 7.11 Å². The molecule has 0 atom stereocenters. The van der Waals surface area contributed by atoms with E-state index in [4.69, 9.17) is 10.6 Å². The summed E-state index contributed by atoms with van der Waals surface area (Å²) in [5.41, 5.74) is 2.15. The van der Waals surface area contributed by atoms with Gasteiger partial charge in [0.25, 0.3) is 0 Å². The van der Waals surface area contributed by atoms with Crippen LogP contribution in [0.1, 0.15) is 33.1 Å². The van der Waals surface area contributed by atoms with Gasteiger partial charge in [-0.2, -0.15) is 0 Å². The van der Waals surface area contributed by atoms with Gasteiger partial charge < -0.3 is 9.64 Å². The summed E-state index contributed by atoms with van der Waals surface area (Å²) in [6.45, 7) is 8.23. The molecule has 0 radical (unpaired) electrons. The van der Waals surface area contributed by atoms with Gasteiger partial charge in [-0.15, -0.1) is 0 Å². The summed E-state index contributed by atoms with van der Waals surface area (Å²) >= 11 is 0. The Bertz CT molecular complexity index is 198. The Morgan fingerprint density at radius 2 is 2.06 bits per heavy atom. The van der Waals surface area contributed by atoms with Gasteiger partial charge in [-0.3, -0.25) is 10.2 Å². The van der Waals surface area contributed by atoms with E-state index in [1.165, 1.54) is 0 Å². The molecule has 0 saturated carbocycles. The van der Waals surface area contributed by atoms with Crippen LogP contribution in [-0.2, 0) is 9.53 Å². The minimum Gasteiger partial charge on any atom is -0.383 e. The molecule has 0 unspecified atom stereocenters. The Morgan fingerprint density at radius 3 is 2.59 bits per heavy atom. The van der Waals surface area contributed by atoms with Gasteiger partial charge in [0, 0.05) is 26.6 Å². The van der Waals surface area contributed by atoms with E-state index >= 15 is 0 Å². The second kappa shape index (κ2) is 10.5. The molecule has 102 valence electrons. The number of unbranched alkanes of at least 4 members (excludes halogenated alkanes) is 1. The summed E-state index contributed by atoms with van der Waals surface area (Å²) < 4.78 is 5.09. The molecule has 0 spiro atoms. The third-order valence-electron chi connectivity index (χ3n) is 2.52. The normalized spacial score (nSPS) is 11.2. The van der Waals surface area contributed by atoms with Crippen molar-refractivity contribution in [1.82, 2.24) is 10.3 Å². The van der Waals surface area contributed by atoms with Crippen molar-refractivity contribution >= 4 is 5.91 Å². The summed E-state index contributed by atoms with van der Waals surface area (Å²) in [4.78, 5) is 13.3. The van der Waals surface area contributed by atoms with E-state index in [2.05, 4.69) is 24.2 Å². The van der Waals surface area contributed by atoms with Gasteiger partial charge in [-0.05, 0) is 25.3 Å². The number of nitrogens with zero attached hydrogens (tertiary/aromatic N) is 1. The molecule has 0 heterocycles. The maximum atomic E-state index is 10.9. The summed E-state index contributed by atoms with van der Waals surface area (Å²) in [7, 11) is 1.72. The lowest BCUT2D eigenvalue weighted by Crippen LogP contribution is -2.32. The maximum absolute atomic E-state index is 10.9. The average molecular weight is 245 g/mol. The first kappa shape index (κ1) is 16.4. The zero-order valence-corrected chi connectivity index (χ0v) is 11.4. The molecule has 0 aliphatic rings. The monoisotopic (exact) mass is 245 g/mol. The topological polar surface area (TPSA) is 67.6 Å². The number of rotatable bonds is 10. The molecule has 0 aliphatic carbocycles. The van der Waals surface area contributed by atoms with Crippen LogP contribution in [0, 0.1) is 5.92 Å². The number of nitrogens with one attached hydrogen (secondary N) is 1. The number of carbonyl (C=O) groups excluding carboxylic acids is 1. The van der Waals surface area contributed by atoms with E-state index in [-0.39, 0.29) is 5.91 Å². The van der Waals surface area contributed by atoms with Crippen LogP contribution in [0.15, 0.2) is 0 Å². The van der Waals surface area contributed by atoms with Gasteiger partial charge in [0.1, 0.15) is 0 Å². The van der Waals surface area contributed by atoms with Crippen molar-refractivity contribution in [2.24, 2.45) is 11.8 Å². The second-order valence-electron chi connectivity index (χ2n) is 4.71. The summed E-state index contributed by atoms with van der Waals surface area (Å²) in [6.07, 6.45) is 2.41. The molecular weight excluding hydrogens is 218 g/mol. The smallest absolute Gasteiger partial charge is 0.233 e. The molecule has 0 fully saturated rings. The van der Waals surface area contributed by atoms with Crippen LogP contribution in [-0.4, -0.2) is 44.2 Å². The highest BCUT2D eigenvalue weighted by Crippen LogP contribution is 2.03. The zero-order chi connectivity index (χ0) is 13.1. The van der Waals surface area contributed by atoms with Crippen molar-refractivity contribution in [2.45, 2.75) is 33.1 Å². The van der Waals surface area contributed by atoms with Crippen molar-refractivity contribution in [3.63, 3.8) is 0 Å². The third-order valence-corrected chi connectivity index (χ3v) is 2.52. The van der Waals surface area contributed by atoms with Crippen molar-refractivity contribution in [1.29, 1.82) is 0 Å². The molecule has 0 saturated heterocycles. The van der Waals surface area contributed by atoms with E-state index in [9.17, 15) is 4.79 Å². The first-order chi connectivity index (χ1) is 8.10. The number of amides is 1. The fourth-order valence-electron chi connectivity index (χ4n) is 1.72. The van der Waals surface area contributed by atoms with Crippen molar-refractivity contribution < 1.29 is 9.53 Å². The van der Waals surface area contributed by atoms with Gasteiger partial charge in [0.15, 0.2) is 0 Å². The highest BCUT2D eigenvalue weighted by Gasteiger charge is 2.07. The van der Waals surface area contributed by atoms with Gasteiger partial charge >= 0.3 is 0 Å². The Morgan fingerprint density at radius 1 is 1.35 bits per heavy atom. The van der Waals surface area contributed by atoms with Gasteiger partial charge in [-0.1, -0.05) is 13.8 Å². The Balaban J connectivity index is 3.70. The molecule has 0 aromatic carbocycles. The number of carbonyl (C=O) groups is 1. The number of hydrogen-bond donors (Lipinski definition) is 2. The summed E-state index contributed by atoms with van der Waals surface area (Å²) in [6, 6.07) is 0. The van der Waals surface area contributed by atoms with Crippen molar-refractivity contribution in [3.05, 3.63) is 0 Å². The van der Waals surface area contributed by atoms with Gasteiger partial charge in [0.05, 0.1) is 6.61 Å². The Kier molecular flexibility index (Phi) is 10.1. The summed E-state index contributed by atoms with van der Waals surface area (Å²) in [5.74, 6) is 5.59. The molecule has 0 aromatic rings. The van der Waals surface area contributed by atoms with Gasteiger partial charge in [0.2, 0.25) is 5.91 Å². The highest BCUT2D eigenvalue weighted by molar-refractivity contribution is 5.75. The van der Waals surface area contributed by atoms with Gasteiger partial charge in [-0.25, -0.2) is 5.84 Å². The van der Waals surface area contributed by atoms with Crippen LogP contribution in [0.3, 0.4) is 0 Å². The first-order valence-electron chi connectivity index (χ1n) is 6.30. The van der Waals surface area contributed by atoms with E-state index in [0.29, 0.717) is 12.3 Å². The lowest BCUT2D eigenvalue weighted by molar-refractivity contribution is -0.121. The molecule has 5 heteroatoms. The SMILES string of the molecule is COCCN(CCCCC(=O)NN)CC(C)C. The lowest BCUT2D eigenvalue weighted by atomic mass is 10.2. The predicted octanol–water partition coefficient (Wildman–Crippen LogP) is 0.751. The Hall–Kier alpha value is -0.650. The molecule has 3 N–H and O–H groups in total. The van der Waals surface area contributed by atoms with E-state index < -0.39 is 0 Å². The second-order valence-corrected chi connectivity index (χ2v) is 4.71. The maximum Gasteiger partial charge on any atom is 0.233 e. The molecule has 0 aromatic heterocycles. The minimum atomic E-state index is -0.0858. The fourth-order valence-corrected chi connectivity index (χ4v) is 1.72.